The van der Waals surface area contributed by atoms with E-state index in [1.54, 1.807) is 0 Å². The molecule has 80 valence electrons. The molecule has 2 fully saturated rings. The molecule has 1 atom stereocenters. The zero-order valence-corrected chi connectivity index (χ0v) is 9.60. The number of ketones is 1. The normalized spacial score (nSPS) is 38.1. The summed E-state index contributed by atoms with van der Waals surface area (Å²) >= 11 is 0. The molecule has 2 nitrogen and oxygen atoms in total. The Kier molecular flexibility index (Phi) is 2.22. The van der Waals surface area contributed by atoms with Crippen molar-refractivity contribution in [2.24, 2.45) is 0 Å². The summed E-state index contributed by atoms with van der Waals surface area (Å²) in [7, 11) is 0. The number of hydrogen-bond donors (Lipinski definition) is 0. The van der Waals surface area contributed by atoms with Crippen LogP contribution in [0.1, 0.15) is 52.9 Å². The van der Waals surface area contributed by atoms with Crippen LogP contribution in [0.15, 0.2) is 0 Å². The zero-order chi connectivity index (χ0) is 10.4. The van der Waals surface area contributed by atoms with Crippen molar-refractivity contribution in [2.75, 3.05) is 6.54 Å². The molecular formula is C12H21NO. The van der Waals surface area contributed by atoms with E-state index in [9.17, 15) is 4.79 Å². The van der Waals surface area contributed by atoms with Gasteiger partial charge in [-0.3, -0.25) is 9.69 Å². The van der Waals surface area contributed by atoms with E-state index in [1.807, 2.05) is 0 Å². The third-order valence-electron chi connectivity index (χ3n) is 4.08. The lowest BCUT2D eigenvalue weighted by Crippen LogP contribution is -2.63. The highest BCUT2D eigenvalue weighted by molar-refractivity contribution is 5.80. The van der Waals surface area contributed by atoms with Gasteiger partial charge >= 0.3 is 0 Å². The van der Waals surface area contributed by atoms with E-state index in [4.69, 9.17) is 0 Å². The van der Waals surface area contributed by atoms with Crippen molar-refractivity contribution in [2.45, 2.75) is 64.0 Å². The molecule has 14 heavy (non-hydrogen) atoms. The summed E-state index contributed by atoms with van der Waals surface area (Å²) in [4.78, 5) is 14.1. The molecule has 2 heteroatoms. The van der Waals surface area contributed by atoms with Crippen LogP contribution in [0.4, 0.5) is 0 Å². The maximum Gasteiger partial charge on any atom is 0.136 e. The fourth-order valence-electron chi connectivity index (χ4n) is 3.41. The van der Waals surface area contributed by atoms with Gasteiger partial charge in [0.05, 0.1) is 0 Å². The maximum absolute atomic E-state index is 11.5. The first-order chi connectivity index (χ1) is 6.44. The number of carbonyl (C=O) groups excluding carboxylic acids is 1. The molecule has 0 aromatic carbocycles. The van der Waals surface area contributed by atoms with Crippen LogP contribution in [0.25, 0.3) is 0 Å². The van der Waals surface area contributed by atoms with E-state index in [-0.39, 0.29) is 5.54 Å². The van der Waals surface area contributed by atoms with Gasteiger partial charge in [0.25, 0.3) is 0 Å². The molecule has 2 heterocycles. The first-order valence-electron chi connectivity index (χ1n) is 5.74. The van der Waals surface area contributed by atoms with Crippen molar-refractivity contribution in [3.63, 3.8) is 0 Å². The minimum Gasteiger partial charge on any atom is -0.300 e. The quantitative estimate of drug-likeness (QED) is 0.591. The largest absolute Gasteiger partial charge is 0.300 e. The van der Waals surface area contributed by atoms with Gasteiger partial charge in [-0.1, -0.05) is 0 Å². The van der Waals surface area contributed by atoms with E-state index in [1.165, 1.54) is 19.3 Å². The molecule has 0 bridgehead atoms. The van der Waals surface area contributed by atoms with E-state index in [0.717, 1.165) is 19.4 Å². The second-order valence-electron chi connectivity index (χ2n) is 5.78. The number of hydrogen-bond acceptors (Lipinski definition) is 2. The predicted molar refractivity (Wildman–Crippen MR) is 57.3 cm³/mol. The minimum atomic E-state index is 0.164. The third-order valence-corrected chi connectivity index (χ3v) is 4.08. The molecule has 2 aliphatic rings. The van der Waals surface area contributed by atoms with Crippen LogP contribution in [0.3, 0.4) is 0 Å². The molecule has 1 unspecified atom stereocenters. The fourth-order valence-corrected chi connectivity index (χ4v) is 3.41. The fraction of sp³-hybridized carbons (Fsp3) is 0.917. The Balaban J connectivity index is 2.25. The van der Waals surface area contributed by atoms with Crippen molar-refractivity contribution in [1.82, 2.24) is 4.90 Å². The lowest BCUT2D eigenvalue weighted by molar-refractivity contribution is -0.133. The van der Waals surface area contributed by atoms with Crippen molar-refractivity contribution in [3.8, 4) is 0 Å². The van der Waals surface area contributed by atoms with Gasteiger partial charge in [0.1, 0.15) is 5.78 Å². The second kappa shape index (κ2) is 3.06. The number of fused-ring (bicyclic) bond motifs is 1. The van der Waals surface area contributed by atoms with Crippen LogP contribution < -0.4 is 0 Å². The Hall–Kier alpha value is -0.370. The Morgan fingerprint density at radius 3 is 2.64 bits per heavy atom. The Morgan fingerprint density at radius 1 is 1.21 bits per heavy atom. The summed E-state index contributed by atoms with van der Waals surface area (Å²) in [5.41, 5.74) is 0.463. The number of Topliss-reactive ketones (excluding diaryl/α,β-unsaturated/α-hetero) is 1. The standard InChI is InChI=1S/C12H21NO/c1-11(2)6-4-7-12(3)9-10(14)5-8-13(11)12/h4-9H2,1-3H3. The molecule has 2 aliphatic heterocycles. The van der Waals surface area contributed by atoms with Crippen molar-refractivity contribution < 1.29 is 4.79 Å². The van der Waals surface area contributed by atoms with Gasteiger partial charge in [-0.05, 0) is 40.0 Å². The van der Waals surface area contributed by atoms with E-state index < -0.39 is 0 Å². The SMILES string of the molecule is CC1(C)CCCC2(C)CC(=O)CCN12. The number of carbonyl (C=O) groups is 1. The van der Waals surface area contributed by atoms with Gasteiger partial charge < -0.3 is 0 Å². The van der Waals surface area contributed by atoms with Crippen LogP contribution in [-0.2, 0) is 4.79 Å². The number of rotatable bonds is 0. The average molecular weight is 195 g/mol. The first-order valence-corrected chi connectivity index (χ1v) is 5.74. The van der Waals surface area contributed by atoms with Crippen LogP contribution in [0, 0.1) is 0 Å². The van der Waals surface area contributed by atoms with Gasteiger partial charge in [-0.25, -0.2) is 0 Å². The van der Waals surface area contributed by atoms with Gasteiger partial charge in [-0.2, -0.15) is 0 Å². The first kappa shape index (κ1) is 10.2. The minimum absolute atomic E-state index is 0.164. The summed E-state index contributed by atoms with van der Waals surface area (Å²) < 4.78 is 0. The number of nitrogens with zero attached hydrogens (tertiary/aromatic N) is 1. The Labute approximate surface area is 86.7 Å². The average Bonchev–Trinajstić information content (AvgIpc) is 2.00. The molecule has 0 spiro atoms. The lowest BCUT2D eigenvalue weighted by Gasteiger charge is -2.56. The van der Waals surface area contributed by atoms with E-state index >= 15 is 0 Å². The highest BCUT2D eigenvalue weighted by atomic mass is 16.1. The molecule has 0 radical (unpaired) electrons. The number of piperidine rings is 2. The van der Waals surface area contributed by atoms with Crippen molar-refractivity contribution in [1.29, 1.82) is 0 Å². The smallest absolute Gasteiger partial charge is 0.136 e. The predicted octanol–water partition coefficient (Wildman–Crippen LogP) is 2.37. The van der Waals surface area contributed by atoms with Gasteiger partial charge in [-0.15, -0.1) is 0 Å². The third kappa shape index (κ3) is 1.50. The van der Waals surface area contributed by atoms with Crippen LogP contribution in [-0.4, -0.2) is 28.3 Å². The molecule has 0 amide bonds. The molecule has 0 N–H and O–H groups in total. The molecule has 0 aliphatic carbocycles. The van der Waals surface area contributed by atoms with Crippen LogP contribution in [0.5, 0.6) is 0 Å². The summed E-state index contributed by atoms with van der Waals surface area (Å²) in [5.74, 6) is 0.460. The topological polar surface area (TPSA) is 20.3 Å². The highest BCUT2D eigenvalue weighted by Crippen LogP contribution is 2.42. The summed E-state index contributed by atoms with van der Waals surface area (Å²) in [5, 5.41) is 0. The van der Waals surface area contributed by atoms with E-state index in [2.05, 4.69) is 25.7 Å². The van der Waals surface area contributed by atoms with Crippen LogP contribution >= 0.6 is 0 Å². The maximum atomic E-state index is 11.5. The molecule has 0 saturated carbocycles. The van der Waals surface area contributed by atoms with Crippen LogP contribution in [0.2, 0.25) is 0 Å². The van der Waals surface area contributed by atoms with Crippen molar-refractivity contribution in [3.05, 3.63) is 0 Å². The van der Waals surface area contributed by atoms with Gasteiger partial charge in [0.2, 0.25) is 0 Å². The highest BCUT2D eigenvalue weighted by Gasteiger charge is 2.46. The van der Waals surface area contributed by atoms with E-state index in [0.29, 0.717) is 11.3 Å². The van der Waals surface area contributed by atoms with Crippen molar-refractivity contribution >= 4 is 5.78 Å². The Bertz CT molecular complexity index is 259. The van der Waals surface area contributed by atoms with Gasteiger partial charge in [0.15, 0.2) is 0 Å². The zero-order valence-electron chi connectivity index (χ0n) is 9.60. The monoisotopic (exact) mass is 195 g/mol. The Morgan fingerprint density at radius 2 is 1.93 bits per heavy atom. The summed E-state index contributed by atoms with van der Waals surface area (Å²) in [6.07, 6.45) is 5.28. The molecule has 0 aromatic rings. The summed E-state index contributed by atoms with van der Waals surface area (Å²) in [6, 6.07) is 0. The second-order valence-corrected chi connectivity index (χ2v) is 5.78. The summed E-state index contributed by atoms with van der Waals surface area (Å²) in [6.45, 7) is 7.88. The molecule has 2 rings (SSSR count). The lowest BCUT2D eigenvalue weighted by atomic mass is 9.74. The molecule has 0 aromatic heterocycles. The van der Waals surface area contributed by atoms with Gasteiger partial charge in [0, 0.05) is 30.5 Å². The molecular weight excluding hydrogens is 174 g/mol. The molecule has 2 saturated heterocycles.